The number of carbonyl (C=O) groups excluding carboxylic acids is 1. The molecule has 1 rings (SSSR count). The van der Waals surface area contributed by atoms with E-state index in [2.05, 4.69) is 0 Å². The summed E-state index contributed by atoms with van der Waals surface area (Å²) >= 11 is 0. The second kappa shape index (κ2) is 10.00. The van der Waals surface area contributed by atoms with Crippen LogP contribution in [0.4, 0.5) is 5.69 Å². The summed E-state index contributed by atoms with van der Waals surface area (Å²) in [5.41, 5.74) is 7.16. The molecular weight excluding hydrogens is 258 g/mol. The van der Waals surface area contributed by atoms with Gasteiger partial charge in [0.1, 0.15) is 6.61 Å². The molecule has 0 saturated carbocycles. The number of hydrogen-bond donors (Lipinski definition) is 1. The number of ether oxygens (including phenoxy) is 3. The van der Waals surface area contributed by atoms with Gasteiger partial charge >= 0.3 is 5.97 Å². The van der Waals surface area contributed by atoms with E-state index in [-0.39, 0.29) is 12.6 Å². The van der Waals surface area contributed by atoms with Gasteiger partial charge in [-0.05, 0) is 30.2 Å². The van der Waals surface area contributed by atoms with Crippen molar-refractivity contribution in [2.45, 2.75) is 6.42 Å². The van der Waals surface area contributed by atoms with Crippen molar-refractivity contribution in [1.82, 2.24) is 0 Å². The van der Waals surface area contributed by atoms with E-state index in [1.54, 1.807) is 25.3 Å². The lowest BCUT2D eigenvalue weighted by molar-refractivity contribution is -0.139. The van der Waals surface area contributed by atoms with Gasteiger partial charge in [0.15, 0.2) is 0 Å². The van der Waals surface area contributed by atoms with Crippen molar-refractivity contribution in [2.75, 3.05) is 39.3 Å². The van der Waals surface area contributed by atoms with Gasteiger partial charge in [-0.2, -0.15) is 0 Å². The SMILES string of the molecule is COCCCOCCOC(=O)/C=C/c1ccc(N)cc1. The largest absolute Gasteiger partial charge is 0.460 e. The summed E-state index contributed by atoms with van der Waals surface area (Å²) in [5, 5.41) is 0. The number of rotatable bonds is 9. The van der Waals surface area contributed by atoms with E-state index in [1.807, 2.05) is 12.1 Å². The number of methoxy groups -OCH3 is 1. The molecule has 0 aliphatic carbocycles. The third kappa shape index (κ3) is 7.56. The zero-order valence-corrected chi connectivity index (χ0v) is 11.7. The molecule has 0 unspecified atom stereocenters. The van der Waals surface area contributed by atoms with E-state index in [0.717, 1.165) is 12.0 Å². The molecule has 20 heavy (non-hydrogen) atoms. The summed E-state index contributed by atoms with van der Waals surface area (Å²) in [5.74, 6) is -0.387. The maximum absolute atomic E-state index is 11.4. The molecule has 1 aromatic carbocycles. The quantitative estimate of drug-likeness (QED) is 0.323. The first-order chi connectivity index (χ1) is 9.72. The first kappa shape index (κ1) is 16.2. The van der Waals surface area contributed by atoms with Crippen LogP contribution in [-0.4, -0.2) is 39.5 Å². The average Bonchev–Trinajstić information content (AvgIpc) is 2.46. The number of nitrogens with two attached hydrogens (primary N) is 1. The molecule has 0 saturated heterocycles. The number of hydrogen-bond acceptors (Lipinski definition) is 5. The Morgan fingerprint density at radius 2 is 1.90 bits per heavy atom. The summed E-state index contributed by atoms with van der Waals surface area (Å²) in [6.45, 7) is 1.92. The van der Waals surface area contributed by atoms with E-state index >= 15 is 0 Å². The summed E-state index contributed by atoms with van der Waals surface area (Å²) < 4.78 is 15.1. The van der Waals surface area contributed by atoms with Crippen molar-refractivity contribution in [2.24, 2.45) is 0 Å². The molecule has 5 nitrogen and oxygen atoms in total. The number of esters is 1. The van der Waals surface area contributed by atoms with Gasteiger partial charge in [0.2, 0.25) is 0 Å². The molecule has 0 aromatic heterocycles. The summed E-state index contributed by atoms with van der Waals surface area (Å²) in [6.07, 6.45) is 3.90. The molecule has 0 atom stereocenters. The van der Waals surface area contributed by atoms with Gasteiger partial charge < -0.3 is 19.9 Å². The number of anilines is 1. The Bertz CT molecular complexity index is 414. The number of benzene rings is 1. The fraction of sp³-hybridized carbons (Fsp3) is 0.400. The van der Waals surface area contributed by atoms with Crippen LogP contribution in [0.5, 0.6) is 0 Å². The normalized spacial score (nSPS) is 10.8. The first-order valence-electron chi connectivity index (χ1n) is 6.49. The summed E-state index contributed by atoms with van der Waals surface area (Å²) in [6, 6.07) is 7.22. The fourth-order valence-corrected chi connectivity index (χ4v) is 1.43. The van der Waals surface area contributed by atoms with Crippen LogP contribution >= 0.6 is 0 Å². The van der Waals surface area contributed by atoms with Crippen LogP contribution in [0.15, 0.2) is 30.3 Å². The molecular formula is C15H21NO4. The zero-order chi connectivity index (χ0) is 14.6. The van der Waals surface area contributed by atoms with E-state index < -0.39 is 0 Å². The van der Waals surface area contributed by atoms with Crippen LogP contribution in [0.25, 0.3) is 6.08 Å². The minimum absolute atomic E-state index is 0.248. The predicted octanol–water partition coefficient (Wildman–Crippen LogP) is 1.88. The highest BCUT2D eigenvalue weighted by molar-refractivity contribution is 5.87. The van der Waals surface area contributed by atoms with E-state index in [9.17, 15) is 4.79 Å². The molecule has 0 bridgehead atoms. The fourth-order valence-electron chi connectivity index (χ4n) is 1.43. The zero-order valence-electron chi connectivity index (χ0n) is 11.7. The topological polar surface area (TPSA) is 70.8 Å². The molecule has 0 spiro atoms. The Labute approximate surface area is 119 Å². The molecule has 110 valence electrons. The van der Waals surface area contributed by atoms with Gasteiger partial charge in [-0.3, -0.25) is 0 Å². The van der Waals surface area contributed by atoms with Gasteiger partial charge in [-0.15, -0.1) is 0 Å². The molecule has 1 aromatic rings. The second-order valence-corrected chi connectivity index (χ2v) is 4.13. The van der Waals surface area contributed by atoms with Crippen LogP contribution in [0.2, 0.25) is 0 Å². The standard InChI is InChI=1S/C15H21NO4/c1-18-9-2-10-19-11-12-20-15(17)8-5-13-3-6-14(16)7-4-13/h3-8H,2,9-12,16H2,1H3/b8-5+. The Balaban J connectivity index is 2.12. The van der Waals surface area contributed by atoms with Crippen molar-refractivity contribution >= 4 is 17.7 Å². The van der Waals surface area contributed by atoms with Gasteiger partial charge in [-0.25, -0.2) is 4.79 Å². The molecule has 0 aliphatic heterocycles. The van der Waals surface area contributed by atoms with E-state index in [1.165, 1.54) is 6.08 Å². The summed E-state index contributed by atoms with van der Waals surface area (Å²) in [7, 11) is 1.65. The first-order valence-corrected chi connectivity index (χ1v) is 6.49. The van der Waals surface area contributed by atoms with Crippen LogP contribution in [0.1, 0.15) is 12.0 Å². The Morgan fingerprint density at radius 1 is 1.15 bits per heavy atom. The summed E-state index contributed by atoms with van der Waals surface area (Å²) in [4.78, 5) is 11.4. The predicted molar refractivity (Wildman–Crippen MR) is 78.2 cm³/mol. The van der Waals surface area contributed by atoms with Crippen molar-refractivity contribution in [3.63, 3.8) is 0 Å². The Kier molecular flexibility index (Phi) is 8.10. The molecule has 0 heterocycles. The average molecular weight is 279 g/mol. The van der Waals surface area contributed by atoms with Crippen LogP contribution in [0.3, 0.4) is 0 Å². The molecule has 5 heteroatoms. The van der Waals surface area contributed by atoms with Gasteiger partial charge in [0.05, 0.1) is 6.61 Å². The number of carbonyl (C=O) groups is 1. The molecule has 2 N–H and O–H groups in total. The van der Waals surface area contributed by atoms with Crippen molar-refractivity contribution in [3.8, 4) is 0 Å². The van der Waals surface area contributed by atoms with E-state index in [4.69, 9.17) is 19.9 Å². The lowest BCUT2D eigenvalue weighted by Crippen LogP contribution is -2.09. The third-order valence-corrected chi connectivity index (χ3v) is 2.46. The van der Waals surface area contributed by atoms with E-state index in [0.29, 0.717) is 25.5 Å². The minimum atomic E-state index is -0.387. The van der Waals surface area contributed by atoms with Crippen molar-refractivity contribution in [1.29, 1.82) is 0 Å². The molecule has 0 amide bonds. The lowest BCUT2D eigenvalue weighted by Gasteiger charge is -2.04. The van der Waals surface area contributed by atoms with Crippen molar-refractivity contribution in [3.05, 3.63) is 35.9 Å². The highest BCUT2D eigenvalue weighted by atomic mass is 16.6. The second-order valence-electron chi connectivity index (χ2n) is 4.13. The maximum Gasteiger partial charge on any atom is 0.330 e. The smallest absolute Gasteiger partial charge is 0.330 e. The monoisotopic (exact) mass is 279 g/mol. The Morgan fingerprint density at radius 3 is 2.60 bits per heavy atom. The molecule has 0 fully saturated rings. The van der Waals surface area contributed by atoms with Gasteiger partial charge in [0, 0.05) is 32.1 Å². The van der Waals surface area contributed by atoms with Gasteiger partial charge in [0.25, 0.3) is 0 Å². The minimum Gasteiger partial charge on any atom is -0.460 e. The van der Waals surface area contributed by atoms with Gasteiger partial charge in [-0.1, -0.05) is 12.1 Å². The Hall–Kier alpha value is -1.85. The highest BCUT2D eigenvalue weighted by Gasteiger charge is 1.97. The number of nitrogen functional groups attached to an aromatic ring is 1. The highest BCUT2D eigenvalue weighted by Crippen LogP contribution is 2.06. The van der Waals surface area contributed by atoms with Crippen molar-refractivity contribution < 1.29 is 19.0 Å². The lowest BCUT2D eigenvalue weighted by atomic mass is 10.2. The van der Waals surface area contributed by atoms with Crippen LogP contribution < -0.4 is 5.73 Å². The van der Waals surface area contributed by atoms with Crippen LogP contribution in [-0.2, 0) is 19.0 Å². The maximum atomic E-state index is 11.4. The van der Waals surface area contributed by atoms with Crippen LogP contribution in [0, 0.1) is 0 Å². The third-order valence-electron chi connectivity index (χ3n) is 2.46. The molecule has 0 radical (unpaired) electrons. The molecule has 0 aliphatic rings.